The summed E-state index contributed by atoms with van der Waals surface area (Å²) in [5.74, 6) is 0.754. The topological polar surface area (TPSA) is 49.8 Å². The van der Waals surface area contributed by atoms with E-state index in [4.69, 9.17) is 0 Å². The lowest BCUT2D eigenvalue weighted by Crippen LogP contribution is -2.09. The van der Waals surface area contributed by atoms with Gasteiger partial charge in [-0.2, -0.15) is 4.98 Å². The highest BCUT2D eigenvalue weighted by molar-refractivity contribution is 5.90. The highest BCUT2D eigenvalue weighted by Crippen LogP contribution is 2.24. The Kier molecular flexibility index (Phi) is 4.92. The summed E-state index contributed by atoms with van der Waals surface area (Å²) in [7, 11) is 0. The molecule has 0 fully saturated rings. The number of hydrogen-bond acceptors (Lipinski definition) is 4. The molecule has 0 saturated carbocycles. The summed E-state index contributed by atoms with van der Waals surface area (Å²) >= 11 is 0. The molecule has 0 aliphatic heterocycles. The van der Waals surface area contributed by atoms with Crippen LogP contribution in [0, 0.1) is 5.82 Å². The summed E-state index contributed by atoms with van der Waals surface area (Å²) < 4.78 is 13.9. The van der Waals surface area contributed by atoms with Crippen LogP contribution in [-0.2, 0) is 6.42 Å². The normalized spacial score (nSPS) is 10.7. The second-order valence-corrected chi connectivity index (χ2v) is 6.18. The molecule has 0 unspecified atom stereocenters. The number of nitrogens with one attached hydrogen (secondary N) is 2. The summed E-state index contributed by atoms with van der Waals surface area (Å²) in [6.07, 6.45) is 0.884. The van der Waals surface area contributed by atoms with Crippen LogP contribution in [-0.4, -0.2) is 16.5 Å². The first-order valence-corrected chi connectivity index (χ1v) is 8.86. The quantitative estimate of drug-likeness (QED) is 0.499. The Bertz CT molecular complexity index is 1050. The summed E-state index contributed by atoms with van der Waals surface area (Å²) in [6, 6.07) is 24.6. The van der Waals surface area contributed by atoms with Gasteiger partial charge in [-0.3, -0.25) is 0 Å². The molecular formula is C22H19FN4. The molecule has 0 bridgehead atoms. The number of anilines is 3. The molecule has 0 radical (unpaired) electrons. The van der Waals surface area contributed by atoms with Gasteiger partial charge in [-0.15, -0.1) is 0 Å². The molecule has 0 saturated heterocycles. The number of aromatic nitrogens is 2. The fourth-order valence-corrected chi connectivity index (χ4v) is 2.92. The number of nitrogens with zero attached hydrogens (tertiary/aromatic N) is 2. The minimum atomic E-state index is -0.340. The molecule has 1 heterocycles. The highest BCUT2D eigenvalue weighted by atomic mass is 19.1. The molecule has 4 rings (SSSR count). The van der Waals surface area contributed by atoms with E-state index in [1.165, 1.54) is 11.6 Å². The van der Waals surface area contributed by atoms with Crippen molar-refractivity contribution in [1.82, 2.24) is 9.97 Å². The molecule has 3 aromatic carbocycles. The summed E-state index contributed by atoms with van der Waals surface area (Å²) in [5, 5.41) is 7.30. The average molecular weight is 358 g/mol. The van der Waals surface area contributed by atoms with Crippen molar-refractivity contribution in [1.29, 1.82) is 0 Å². The number of halogens is 1. The van der Waals surface area contributed by atoms with E-state index >= 15 is 0 Å². The Morgan fingerprint density at radius 2 is 1.52 bits per heavy atom. The van der Waals surface area contributed by atoms with Gasteiger partial charge in [0.2, 0.25) is 5.95 Å². The number of benzene rings is 3. The van der Waals surface area contributed by atoms with Gasteiger partial charge in [0.15, 0.2) is 0 Å². The van der Waals surface area contributed by atoms with Gasteiger partial charge in [-0.05, 0) is 36.2 Å². The Labute approximate surface area is 157 Å². The van der Waals surface area contributed by atoms with Gasteiger partial charge in [0.1, 0.15) is 11.6 Å². The third-order valence-electron chi connectivity index (χ3n) is 4.27. The Balaban J connectivity index is 1.59. The predicted molar refractivity (Wildman–Crippen MR) is 108 cm³/mol. The molecule has 0 atom stereocenters. The molecule has 2 N–H and O–H groups in total. The molecule has 27 heavy (non-hydrogen) atoms. The van der Waals surface area contributed by atoms with Crippen LogP contribution < -0.4 is 10.6 Å². The fraction of sp³-hybridized carbons (Fsp3) is 0.0909. The second kappa shape index (κ2) is 7.83. The van der Waals surface area contributed by atoms with Gasteiger partial charge in [-0.1, -0.05) is 54.6 Å². The van der Waals surface area contributed by atoms with E-state index in [9.17, 15) is 4.39 Å². The van der Waals surface area contributed by atoms with Crippen LogP contribution in [0.25, 0.3) is 10.9 Å². The number of rotatable bonds is 6. The van der Waals surface area contributed by atoms with Crippen LogP contribution in [0.1, 0.15) is 5.56 Å². The van der Waals surface area contributed by atoms with Crippen molar-refractivity contribution in [2.24, 2.45) is 0 Å². The third kappa shape index (κ3) is 4.03. The van der Waals surface area contributed by atoms with Crippen molar-refractivity contribution in [3.8, 4) is 0 Å². The maximum Gasteiger partial charge on any atom is 0.229 e. The lowest BCUT2D eigenvalue weighted by atomic mass is 10.1. The van der Waals surface area contributed by atoms with Crippen LogP contribution in [0.15, 0.2) is 78.9 Å². The van der Waals surface area contributed by atoms with Crippen molar-refractivity contribution in [3.05, 3.63) is 90.2 Å². The fourth-order valence-electron chi connectivity index (χ4n) is 2.92. The Hall–Kier alpha value is -3.47. The van der Waals surface area contributed by atoms with Crippen molar-refractivity contribution < 1.29 is 4.39 Å². The monoisotopic (exact) mass is 358 g/mol. The SMILES string of the molecule is Fc1ccccc1Nc1nc(NCCc2ccccc2)c2ccccc2n1. The van der Waals surface area contributed by atoms with E-state index in [-0.39, 0.29) is 5.82 Å². The maximum absolute atomic E-state index is 13.9. The molecular weight excluding hydrogens is 339 g/mol. The molecule has 134 valence electrons. The van der Waals surface area contributed by atoms with Gasteiger partial charge in [0, 0.05) is 11.9 Å². The zero-order chi connectivity index (χ0) is 18.5. The first-order valence-electron chi connectivity index (χ1n) is 8.86. The van der Waals surface area contributed by atoms with Crippen LogP contribution in [0.5, 0.6) is 0 Å². The molecule has 4 aromatic rings. The van der Waals surface area contributed by atoms with Crippen LogP contribution in [0.3, 0.4) is 0 Å². The molecule has 5 heteroatoms. The Morgan fingerprint density at radius 3 is 2.37 bits per heavy atom. The molecule has 1 aromatic heterocycles. The number of hydrogen-bond donors (Lipinski definition) is 2. The summed E-state index contributed by atoms with van der Waals surface area (Å²) in [6.45, 7) is 0.740. The second-order valence-electron chi connectivity index (χ2n) is 6.18. The predicted octanol–water partition coefficient (Wildman–Crippen LogP) is 5.17. The van der Waals surface area contributed by atoms with E-state index in [0.717, 1.165) is 29.7 Å². The smallest absolute Gasteiger partial charge is 0.229 e. The first kappa shape index (κ1) is 17.0. The van der Waals surface area contributed by atoms with Gasteiger partial charge in [0.05, 0.1) is 11.2 Å². The van der Waals surface area contributed by atoms with Crippen molar-refractivity contribution >= 4 is 28.4 Å². The van der Waals surface area contributed by atoms with Gasteiger partial charge < -0.3 is 10.6 Å². The minimum absolute atomic E-state index is 0.340. The van der Waals surface area contributed by atoms with E-state index in [2.05, 4.69) is 32.7 Å². The first-order chi connectivity index (χ1) is 13.3. The lowest BCUT2D eigenvalue weighted by molar-refractivity contribution is 0.631. The molecule has 0 amide bonds. The zero-order valence-corrected chi connectivity index (χ0v) is 14.7. The molecule has 0 aliphatic rings. The molecule has 0 spiro atoms. The average Bonchev–Trinajstić information content (AvgIpc) is 2.70. The number of para-hydroxylation sites is 2. The standard InChI is InChI=1S/C22H19FN4/c23-18-11-5-7-13-20(18)26-22-25-19-12-6-4-10-17(19)21(27-22)24-15-14-16-8-2-1-3-9-16/h1-13H,14-15H2,(H2,24,25,26,27). The van der Waals surface area contributed by atoms with Crippen molar-refractivity contribution in [2.45, 2.75) is 6.42 Å². The Morgan fingerprint density at radius 1 is 0.778 bits per heavy atom. The van der Waals surface area contributed by atoms with E-state index < -0.39 is 0 Å². The van der Waals surface area contributed by atoms with Crippen LogP contribution >= 0.6 is 0 Å². The van der Waals surface area contributed by atoms with Crippen molar-refractivity contribution in [2.75, 3.05) is 17.2 Å². The van der Waals surface area contributed by atoms with Gasteiger partial charge >= 0.3 is 0 Å². The van der Waals surface area contributed by atoms with E-state index in [1.807, 2.05) is 42.5 Å². The lowest BCUT2D eigenvalue weighted by Gasteiger charge is -2.12. The minimum Gasteiger partial charge on any atom is -0.369 e. The molecule has 4 nitrogen and oxygen atoms in total. The zero-order valence-electron chi connectivity index (χ0n) is 14.7. The van der Waals surface area contributed by atoms with E-state index in [1.54, 1.807) is 18.2 Å². The highest BCUT2D eigenvalue weighted by Gasteiger charge is 2.09. The third-order valence-corrected chi connectivity index (χ3v) is 4.27. The van der Waals surface area contributed by atoms with Gasteiger partial charge in [0.25, 0.3) is 0 Å². The van der Waals surface area contributed by atoms with Crippen LogP contribution in [0.4, 0.5) is 21.8 Å². The van der Waals surface area contributed by atoms with E-state index in [0.29, 0.717) is 11.6 Å². The van der Waals surface area contributed by atoms with Crippen LogP contribution in [0.2, 0.25) is 0 Å². The maximum atomic E-state index is 13.9. The molecule has 0 aliphatic carbocycles. The van der Waals surface area contributed by atoms with Crippen molar-refractivity contribution in [3.63, 3.8) is 0 Å². The largest absolute Gasteiger partial charge is 0.369 e. The number of fused-ring (bicyclic) bond motifs is 1. The van der Waals surface area contributed by atoms with Gasteiger partial charge in [-0.25, -0.2) is 9.37 Å². The summed E-state index contributed by atoms with van der Waals surface area (Å²) in [5.41, 5.74) is 2.41. The summed E-state index contributed by atoms with van der Waals surface area (Å²) in [4.78, 5) is 9.08.